The maximum Gasteiger partial charge on any atom is 0.409 e. The Balaban J connectivity index is 1.84. The normalized spacial score (nSPS) is 15.6. The van der Waals surface area contributed by atoms with Crippen molar-refractivity contribution in [3.63, 3.8) is 0 Å². The van der Waals surface area contributed by atoms with Gasteiger partial charge in [0.05, 0.1) is 12.2 Å². The van der Waals surface area contributed by atoms with Crippen LogP contribution in [0.15, 0.2) is 24.5 Å². The van der Waals surface area contributed by atoms with E-state index in [2.05, 4.69) is 10.3 Å². The van der Waals surface area contributed by atoms with Gasteiger partial charge in [-0.2, -0.15) is 0 Å². The molecule has 1 N–H and O–H groups in total. The first-order chi connectivity index (χ1) is 11.5. The van der Waals surface area contributed by atoms with Gasteiger partial charge in [0.25, 0.3) is 5.91 Å². The van der Waals surface area contributed by atoms with Crippen LogP contribution in [0.1, 0.15) is 24.2 Å². The molecule has 1 fully saturated rings. The first kappa shape index (κ1) is 17.7. The summed E-state index contributed by atoms with van der Waals surface area (Å²) >= 11 is 0. The quantitative estimate of drug-likeness (QED) is 0.866. The number of nitrogens with zero attached hydrogens (tertiary/aromatic N) is 3. The van der Waals surface area contributed by atoms with Crippen molar-refractivity contribution < 1.29 is 19.1 Å². The molecular weight excluding hydrogens is 312 g/mol. The number of aromatic nitrogens is 1. The maximum absolute atomic E-state index is 12.4. The van der Waals surface area contributed by atoms with Crippen LogP contribution >= 0.6 is 0 Å². The standard InChI is InChI=1S/C16H22N4O4/c1-3-24-16(23)20-9-7-19(8-10-20)15(22)12(2)18-14(21)13-5-4-6-17-11-13/h4-6,11-12H,3,7-10H2,1-2H3,(H,18,21)/t12-/m0/s1. The van der Waals surface area contributed by atoms with Crippen molar-refractivity contribution in [3.8, 4) is 0 Å². The fourth-order valence-corrected chi connectivity index (χ4v) is 2.44. The molecule has 1 aromatic rings. The first-order valence-corrected chi connectivity index (χ1v) is 7.94. The summed E-state index contributed by atoms with van der Waals surface area (Å²) in [6.07, 6.45) is 2.67. The zero-order chi connectivity index (χ0) is 17.5. The molecule has 1 aliphatic heterocycles. The van der Waals surface area contributed by atoms with Crippen LogP contribution in [0.25, 0.3) is 0 Å². The minimum Gasteiger partial charge on any atom is -0.450 e. The predicted molar refractivity (Wildman–Crippen MR) is 86.3 cm³/mol. The van der Waals surface area contributed by atoms with Crippen molar-refractivity contribution in [3.05, 3.63) is 30.1 Å². The zero-order valence-electron chi connectivity index (χ0n) is 13.9. The topological polar surface area (TPSA) is 91.8 Å². The van der Waals surface area contributed by atoms with E-state index in [1.54, 1.807) is 42.0 Å². The minimum absolute atomic E-state index is 0.171. The van der Waals surface area contributed by atoms with Gasteiger partial charge in [-0.25, -0.2) is 4.79 Å². The molecule has 1 atom stereocenters. The van der Waals surface area contributed by atoms with E-state index in [0.29, 0.717) is 38.3 Å². The summed E-state index contributed by atoms with van der Waals surface area (Å²) in [4.78, 5) is 43.2. The van der Waals surface area contributed by atoms with Crippen LogP contribution in [0.3, 0.4) is 0 Å². The van der Waals surface area contributed by atoms with E-state index in [-0.39, 0.29) is 17.9 Å². The van der Waals surface area contributed by atoms with Gasteiger partial charge in [-0.05, 0) is 26.0 Å². The number of nitrogens with one attached hydrogen (secondary N) is 1. The first-order valence-electron chi connectivity index (χ1n) is 7.94. The summed E-state index contributed by atoms with van der Waals surface area (Å²) in [5.74, 6) is -0.509. The van der Waals surface area contributed by atoms with Crippen molar-refractivity contribution in [2.45, 2.75) is 19.9 Å². The molecule has 0 unspecified atom stereocenters. The molecule has 1 aliphatic rings. The molecule has 0 aromatic carbocycles. The summed E-state index contributed by atoms with van der Waals surface area (Å²) in [6.45, 7) is 5.42. The summed E-state index contributed by atoms with van der Waals surface area (Å²) < 4.78 is 4.95. The summed E-state index contributed by atoms with van der Waals surface area (Å²) in [5, 5.41) is 2.67. The molecule has 130 valence electrons. The third-order valence-electron chi connectivity index (χ3n) is 3.76. The smallest absolute Gasteiger partial charge is 0.409 e. The lowest BCUT2D eigenvalue weighted by Gasteiger charge is -2.35. The molecule has 2 rings (SSSR count). The largest absolute Gasteiger partial charge is 0.450 e. The van der Waals surface area contributed by atoms with Crippen molar-refractivity contribution in [1.82, 2.24) is 20.1 Å². The predicted octanol–water partition coefficient (Wildman–Crippen LogP) is 0.501. The Morgan fingerprint density at radius 2 is 1.92 bits per heavy atom. The number of pyridine rings is 1. The second-order valence-electron chi connectivity index (χ2n) is 5.45. The van der Waals surface area contributed by atoms with Gasteiger partial charge in [0.1, 0.15) is 6.04 Å². The van der Waals surface area contributed by atoms with Crippen LogP contribution in [0.4, 0.5) is 4.79 Å². The highest BCUT2D eigenvalue weighted by Gasteiger charge is 2.28. The molecule has 0 aliphatic carbocycles. The van der Waals surface area contributed by atoms with Crippen molar-refractivity contribution in [2.24, 2.45) is 0 Å². The highest BCUT2D eigenvalue weighted by atomic mass is 16.6. The molecular formula is C16H22N4O4. The van der Waals surface area contributed by atoms with Crippen LogP contribution in [-0.2, 0) is 9.53 Å². The van der Waals surface area contributed by atoms with Gasteiger partial charge in [0.2, 0.25) is 5.91 Å². The SMILES string of the molecule is CCOC(=O)N1CCN(C(=O)[C@H](C)NC(=O)c2cccnc2)CC1. The lowest BCUT2D eigenvalue weighted by molar-refractivity contribution is -0.134. The molecule has 3 amide bonds. The van der Waals surface area contributed by atoms with Gasteiger partial charge < -0.3 is 19.9 Å². The Bertz CT molecular complexity index is 585. The lowest BCUT2D eigenvalue weighted by Crippen LogP contribution is -2.55. The van der Waals surface area contributed by atoms with E-state index in [1.807, 2.05) is 0 Å². The maximum atomic E-state index is 12.4. The lowest BCUT2D eigenvalue weighted by atomic mass is 10.2. The average molecular weight is 334 g/mol. The molecule has 24 heavy (non-hydrogen) atoms. The van der Waals surface area contributed by atoms with Gasteiger partial charge in [0.15, 0.2) is 0 Å². The molecule has 0 saturated carbocycles. The van der Waals surface area contributed by atoms with Crippen LogP contribution in [0.2, 0.25) is 0 Å². The van der Waals surface area contributed by atoms with Gasteiger partial charge in [0, 0.05) is 38.6 Å². The Hall–Kier alpha value is -2.64. The van der Waals surface area contributed by atoms with Crippen LogP contribution in [-0.4, -0.2) is 71.5 Å². The molecule has 0 radical (unpaired) electrons. The number of ether oxygens (including phenoxy) is 1. The number of carbonyl (C=O) groups is 3. The second-order valence-corrected chi connectivity index (χ2v) is 5.45. The molecule has 1 aromatic heterocycles. The monoisotopic (exact) mass is 334 g/mol. The van der Waals surface area contributed by atoms with Crippen molar-refractivity contribution >= 4 is 17.9 Å². The van der Waals surface area contributed by atoms with Gasteiger partial charge >= 0.3 is 6.09 Å². The number of hydrogen-bond donors (Lipinski definition) is 1. The van der Waals surface area contributed by atoms with Crippen LogP contribution in [0, 0.1) is 0 Å². The average Bonchev–Trinajstić information content (AvgIpc) is 2.62. The molecule has 2 heterocycles. The van der Waals surface area contributed by atoms with E-state index in [1.165, 1.54) is 6.20 Å². The number of amides is 3. The zero-order valence-corrected chi connectivity index (χ0v) is 13.9. The Morgan fingerprint density at radius 1 is 1.25 bits per heavy atom. The van der Waals surface area contributed by atoms with E-state index in [9.17, 15) is 14.4 Å². The molecule has 1 saturated heterocycles. The highest BCUT2D eigenvalue weighted by molar-refractivity contribution is 5.97. The van der Waals surface area contributed by atoms with Crippen molar-refractivity contribution in [1.29, 1.82) is 0 Å². The summed E-state index contributed by atoms with van der Waals surface area (Å²) in [6, 6.07) is 2.65. The van der Waals surface area contributed by atoms with Crippen molar-refractivity contribution in [2.75, 3.05) is 32.8 Å². The Morgan fingerprint density at radius 3 is 2.50 bits per heavy atom. The Labute approximate surface area is 140 Å². The van der Waals surface area contributed by atoms with Crippen LogP contribution in [0.5, 0.6) is 0 Å². The number of carbonyl (C=O) groups excluding carboxylic acids is 3. The van der Waals surface area contributed by atoms with Gasteiger partial charge in [-0.3, -0.25) is 14.6 Å². The summed E-state index contributed by atoms with van der Waals surface area (Å²) in [7, 11) is 0. The van der Waals surface area contributed by atoms with E-state index < -0.39 is 6.04 Å². The number of hydrogen-bond acceptors (Lipinski definition) is 5. The Kier molecular flexibility index (Phi) is 6.11. The fraction of sp³-hybridized carbons (Fsp3) is 0.500. The molecule has 8 heteroatoms. The van der Waals surface area contributed by atoms with E-state index >= 15 is 0 Å². The number of piperazine rings is 1. The second kappa shape index (κ2) is 8.28. The molecule has 0 bridgehead atoms. The van der Waals surface area contributed by atoms with Crippen LogP contribution < -0.4 is 5.32 Å². The van der Waals surface area contributed by atoms with Gasteiger partial charge in [-0.15, -0.1) is 0 Å². The van der Waals surface area contributed by atoms with Gasteiger partial charge in [-0.1, -0.05) is 0 Å². The fourth-order valence-electron chi connectivity index (χ4n) is 2.44. The third-order valence-corrected chi connectivity index (χ3v) is 3.76. The third kappa shape index (κ3) is 4.43. The van der Waals surface area contributed by atoms with E-state index in [0.717, 1.165) is 0 Å². The summed E-state index contributed by atoms with van der Waals surface area (Å²) in [5.41, 5.74) is 0.407. The molecule has 0 spiro atoms. The minimum atomic E-state index is -0.646. The highest BCUT2D eigenvalue weighted by Crippen LogP contribution is 2.06. The van der Waals surface area contributed by atoms with E-state index in [4.69, 9.17) is 4.74 Å². The molecule has 8 nitrogen and oxygen atoms in total. The number of rotatable bonds is 4.